The van der Waals surface area contributed by atoms with Crippen molar-refractivity contribution in [1.82, 2.24) is 4.90 Å². The zero-order valence-electron chi connectivity index (χ0n) is 6.66. The first-order valence-electron chi connectivity index (χ1n) is 3.75. The number of sulfone groups is 1. The first-order valence-corrected chi connectivity index (χ1v) is 5.57. The Kier molecular flexibility index (Phi) is 2.51. The second-order valence-corrected chi connectivity index (χ2v) is 5.04. The van der Waals surface area contributed by atoms with Crippen LogP contribution in [0.2, 0.25) is 0 Å². The Hall–Kier alpha value is -0.130. The van der Waals surface area contributed by atoms with E-state index in [1.807, 2.05) is 11.8 Å². The maximum absolute atomic E-state index is 11.0. The van der Waals surface area contributed by atoms with Gasteiger partial charge in [-0.05, 0) is 6.54 Å². The maximum atomic E-state index is 11.0. The molecule has 0 aliphatic carbocycles. The van der Waals surface area contributed by atoms with Crippen LogP contribution in [0, 0.1) is 0 Å². The van der Waals surface area contributed by atoms with Gasteiger partial charge in [-0.1, -0.05) is 6.92 Å². The van der Waals surface area contributed by atoms with Gasteiger partial charge in [-0.25, -0.2) is 8.42 Å². The van der Waals surface area contributed by atoms with Gasteiger partial charge in [-0.2, -0.15) is 0 Å². The molecule has 5 heteroatoms. The Bertz CT molecular complexity index is 225. The molecule has 1 fully saturated rings. The minimum atomic E-state index is -2.84. The molecular weight excluding hydrogens is 164 g/mol. The first-order chi connectivity index (χ1) is 5.05. The van der Waals surface area contributed by atoms with Crippen molar-refractivity contribution in [1.29, 1.82) is 0 Å². The lowest BCUT2D eigenvalue weighted by Crippen LogP contribution is -2.52. The monoisotopic (exact) mass is 178 g/mol. The van der Waals surface area contributed by atoms with Crippen LogP contribution in [0.15, 0.2) is 0 Å². The van der Waals surface area contributed by atoms with E-state index in [1.165, 1.54) is 0 Å². The average Bonchev–Trinajstić information content (AvgIpc) is 1.86. The largest absolute Gasteiger partial charge is 0.315 e. The normalized spacial score (nSPS) is 32.0. The number of nitrogens with zero attached hydrogens (tertiary/aromatic N) is 1. The predicted molar refractivity (Wildman–Crippen MR) is 43.9 cm³/mol. The lowest BCUT2D eigenvalue weighted by Gasteiger charge is -2.31. The third-order valence-electron chi connectivity index (χ3n) is 1.99. The molecule has 1 heterocycles. The summed E-state index contributed by atoms with van der Waals surface area (Å²) in [5, 5.41) is 0. The van der Waals surface area contributed by atoms with Crippen molar-refractivity contribution >= 4 is 9.84 Å². The fourth-order valence-electron chi connectivity index (χ4n) is 1.26. The zero-order chi connectivity index (χ0) is 8.48. The molecule has 1 atom stereocenters. The summed E-state index contributed by atoms with van der Waals surface area (Å²) in [6, 6.07) is 0. The minimum Gasteiger partial charge on any atom is -0.315 e. The second kappa shape index (κ2) is 3.08. The van der Waals surface area contributed by atoms with Gasteiger partial charge in [0, 0.05) is 6.54 Å². The van der Waals surface area contributed by atoms with Gasteiger partial charge in [0.1, 0.15) is 0 Å². The van der Waals surface area contributed by atoms with Gasteiger partial charge < -0.3 is 5.73 Å². The molecule has 0 aromatic rings. The van der Waals surface area contributed by atoms with Gasteiger partial charge in [0.2, 0.25) is 0 Å². The van der Waals surface area contributed by atoms with Gasteiger partial charge in [-0.15, -0.1) is 0 Å². The van der Waals surface area contributed by atoms with E-state index in [1.54, 1.807) is 0 Å². The highest BCUT2D eigenvalue weighted by molar-refractivity contribution is 7.91. The molecule has 0 bridgehead atoms. The molecule has 2 N–H and O–H groups in total. The van der Waals surface area contributed by atoms with E-state index >= 15 is 0 Å². The van der Waals surface area contributed by atoms with Crippen molar-refractivity contribution in [3.63, 3.8) is 0 Å². The highest BCUT2D eigenvalue weighted by Crippen LogP contribution is 2.06. The average molecular weight is 178 g/mol. The van der Waals surface area contributed by atoms with Crippen molar-refractivity contribution < 1.29 is 8.42 Å². The second-order valence-electron chi connectivity index (χ2n) is 2.81. The predicted octanol–water partition coefficient (Wildman–Crippen LogP) is -0.978. The molecule has 0 spiro atoms. The lowest BCUT2D eigenvalue weighted by molar-refractivity contribution is 0.229. The molecule has 1 unspecified atom stereocenters. The molecule has 66 valence electrons. The Labute approximate surface area is 67.3 Å². The van der Waals surface area contributed by atoms with E-state index in [-0.39, 0.29) is 17.7 Å². The molecule has 0 saturated carbocycles. The van der Waals surface area contributed by atoms with Crippen LogP contribution in [0.3, 0.4) is 0 Å². The molecule has 1 rings (SSSR count). The molecular formula is C6H14N2O2S. The molecule has 1 aliphatic heterocycles. The molecule has 0 aromatic carbocycles. The molecule has 0 radical (unpaired) electrons. The van der Waals surface area contributed by atoms with Crippen molar-refractivity contribution in [2.24, 2.45) is 5.73 Å². The van der Waals surface area contributed by atoms with Crippen molar-refractivity contribution in [3.05, 3.63) is 0 Å². The van der Waals surface area contributed by atoms with Gasteiger partial charge >= 0.3 is 0 Å². The molecule has 1 aliphatic rings. The summed E-state index contributed by atoms with van der Waals surface area (Å²) in [4.78, 5) is 1.97. The molecule has 1 saturated heterocycles. The molecule has 11 heavy (non-hydrogen) atoms. The zero-order valence-corrected chi connectivity index (χ0v) is 7.47. The van der Waals surface area contributed by atoms with E-state index < -0.39 is 9.84 Å². The summed E-state index contributed by atoms with van der Waals surface area (Å²) in [5.41, 5.74) is 5.61. The molecule has 0 aromatic heterocycles. The standard InChI is InChI=1S/C6H14N2O2S/c1-2-8-3-4-11(9,10)5-6(8)7/h6H,2-5,7H2,1H3. The molecule has 4 nitrogen and oxygen atoms in total. The van der Waals surface area contributed by atoms with Crippen LogP contribution in [0.5, 0.6) is 0 Å². The van der Waals surface area contributed by atoms with Crippen LogP contribution in [0.1, 0.15) is 6.92 Å². The van der Waals surface area contributed by atoms with Crippen LogP contribution in [0.4, 0.5) is 0 Å². The van der Waals surface area contributed by atoms with Gasteiger partial charge in [0.25, 0.3) is 0 Å². The lowest BCUT2D eigenvalue weighted by atomic mass is 10.4. The van der Waals surface area contributed by atoms with E-state index in [0.717, 1.165) is 6.54 Å². The quantitative estimate of drug-likeness (QED) is 0.560. The van der Waals surface area contributed by atoms with E-state index in [2.05, 4.69) is 0 Å². The SMILES string of the molecule is CCN1CCS(=O)(=O)CC1N. The number of hydrogen-bond acceptors (Lipinski definition) is 4. The van der Waals surface area contributed by atoms with E-state index in [9.17, 15) is 8.42 Å². The first kappa shape index (κ1) is 8.96. The highest BCUT2D eigenvalue weighted by Gasteiger charge is 2.26. The number of rotatable bonds is 1. The highest BCUT2D eigenvalue weighted by atomic mass is 32.2. The van der Waals surface area contributed by atoms with Crippen LogP contribution in [0.25, 0.3) is 0 Å². The van der Waals surface area contributed by atoms with Crippen LogP contribution >= 0.6 is 0 Å². The van der Waals surface area contributed by atoms with Crippen molar-refractivity contribution in [2.75, 3.05) is 24.6 Å². The Morgan fingerprint density at radius 3 is 2.73 bits per heavy atom. The minimum absolute atomic E-state index is 0.112. The van der Waals surface area contributed by atoms with Crippen LogP contribution in [-0.2, 0) is 9.84 Å². The van der Waals surface area contributed by atoms with E-state index in [4.69, 9.17) is 5.73 Å². The summed E-state index contributed by atoms with van der Waals surface area (Å²) in [7, 11) is -2.84. The van der Waals surface area contributed by atoms with Gasteiger partial charge in [0.15, 0.2) is 9.84 Å². The van der Waals surface area contributed by atoms with E-state index in [0.29, 0.717) is 6.54 Å². The maximum Gasteiger partial charge on any atom is 0.154 e. The topological polar surface area (TPSA) is 63.4 Å². The third kappa shape index (κ3) is 2.15. The fraction of sp³-hybridized carbons (Fsp3) is 1.00. The van der Waals surface area contributed by atoms with Crippen molar-refractivity contribution in [3.8, 4) is 0 Å². The summed E-state index contributed by atoms with van der Waals surface area (Å²) < 4.78 is 22.0. The van der Waals surface area contributed by atoms with Crippen LogP contribution in [-0.4, -0.2) is 44.1 Å². The molecule has 0 amide bonds. The Morgan fingerprint density at radius 1 is 1.64 bits per heavy atom. The van der Waals surface area contributed by atoms with Gasteiger partial charge in [-0.3, -0.25) is 4.90 Å². The number of hydrogen-bond donors (Lipinski definition) is 1. The van der Waals surface area contributed by atoms with Crippen LogP contribution < -0.4 is 5.73 Å². The number of nitrogens with two attached hydrogens (primary N) is 1. The summed E-state index contributed by atoms with van der Waals surface area (Å²) >= 11 is 0. The summed E-state index contributed by atoms with van der Waals surface area (Å²) in [6.07, 6.45) is -0.293. The Morgan fingerprint density at radius 2 is 2.27 bits per heavy atom. The summed E-state index contributed by atoms with van der Waals surface area (Å²) in [5.74, 6) is 0.370. The fourth-order valence-corrected chi connectivity index (χ4v) is 2.67. The van der Waals surface area contributed by atoms with Crippen molar-refractivity contribution in [2.45, 2.75) is 13.1 Å². The smallest absolute Gasteiger partial charge is 0.154 e. The van der Waals surface area contributed by atoms with Gasteiger partial charge in [0.05, 0.1) is 17.7 Å². The Balaban J connectivity index is 2.62. The summed E-state index contributed by atoms with van der Waals surface area (Å²) in [6.45, 7) is 3.40. The third-order valence-corrected chi connectivity index (χ3v) is 3.64.